The van der Waals surface area contributed by atoms with Crippen molar-refractivity contribution in [3.63, 3.8) is 0 Å². The maximum absolute atomic E-state index is 12.1. The predicted molar refractivity (Wildman–Crippen MR) is 84.0 cm³/mol. The summed E-state index contributed by atoms with van der Waals surface area (Å²) in [6.07, 6.45) is 4.63. The standard InChI is InChI=1S/C16H22N4O/c1-3-8-17-11-15-18-9-10-20(15)12-16(21)19-14-6-4-13(2)5-7-14/h4-7,9-10,17H,3,8,11-12H2,1-2H3,(H,19,21). The molecular formula is C16H22N4O. The van der Waals surface area contributed by atoms with Crippen LogP contribution in [0.25, 0.3) is 0 Å². The van der Waals surface area contributed by atoms with Gasteiger partial charge >= 0.3 is 0 Å². The smallest absolute Gasteiger partial charge is 0.244 e. The zero-order valence-corrected chi connectivity index (χ0v) is 12.6. The zero-order chi connectivity index (χ0) is 15.1. The van der Waals surface area contributed by atoms with Crippen molar-refractivity contribution in [2.24, 2.45) is 0 Å². The highest BCUT2D eigenvalue weighted by atomic mass is 16.1. The molecule has 1 heterocycles. The highest BCUT2D eigenvalue weighted by molar-refractivity contribution is 5.90. The van der Waals surface area contributed by atoms with Crippen molar-refractivity contribution >= 4 is 11.6 Å². The molecule has 1 amide bonds. The highest BCUT2D eigenvalue weighted by Gasteiger charge is 2.07. The summed E-state index contributed by atoms with van der Waals surface area (Å²) >= 11 is 0. The van der Waals surface area contributed by atoms with Crippen molar-refractivity contribution in [3.8, 4) is 0 Å². The van der Waals surface area contributed by atoms with Gasteiger partial charge in [-0.2, -0.15) is 0 Å². The number of hydrogen-bond donors (Lipinski definition) is 2. The molecule has 1 aromatic carbocycles. The maximum atomic E-state index is 12.1. The van der Waals surface area contributed by atoms with Gasteiger partial charge < -0.3 is 15.2 Å². The average Bonchev–Trinajstić information content (AvgIpc) is 2.89. The molecule has 0 saturated carbocycles. The van der Waals surface area contributed by atoms with Crippen LogP contribution < -0.4 is 10.6 Å². The molecule has 112 valence electrons. The van der Waals surface area contributed by atoms with Crippen LogP contribution in [0.2, 0.25) is 0 Å². The van der Waals surface area contributed by atoms with Crippen molar-refractivity contribution in [1.29, 1.82) is 0 Å². The number of benzene rings is 1. The molecule has 0 unspecified atom stereocenters. The van der Waals surface area contributed by atoms with Gasteiger partial charge in [-0.15, -0.1) is 0 Å². The Bertz CT molecular complexity index is 574. The first kappa shape index (κ1) is 15.3. The van der Waals surface area contributed by atoms with Crippen LogP contribution in [0.4, 0.5) is 5.69 Å². The third-order valence-electron chi connectivity index (χ3n) is 3.16. The highest BCUT2D eigenvalue weighted by Crippen LogP contribution is 2.09. The van der Waals surface area contributed by atoms with Crippen LogP contribution in [0, 0.1) is 6.92 Å². The molecule has 5 nitrogen and oxygen atoms in total. The molecule has 2 N–H and O–H groups in total. The van der Waals surface area contributed by atoms with E-state index in [0.717, 1.165) is 24.5 Å². The van der Waals surface area contributed by atoms with Gasteiger partial charge in [-0.1, -0.05) is 24.6 Å². The Balaban J connectivity index is 1.90. The minimum atomic E-state index is -0.0476. The van der Waals surface area contributed by atoms with E-state index in [1.165, 1.54) is 5.56 Å². The van der Waals surface area contributed by atoms with E-state index < -0.39 is 0 Å². The van der Waals surface area contributed by atoms with Gasteiger partial charge in [-0.25, -0.2) is 4.98 Å². The van der Waals surface area contributed by atoms with Crippen LogP contribution in [0.5, 0.6) is 0 Å². The van der Waals surface area contributed by atoms with Crippen molar-refractivity contribution in [2.45, 2.75) is 33.4 Å². The number of aromatic nitrogens is 2. The number of rotatable bonds is 7. The number of carbonyl (C=O) groups excluding carboxylic acids is 1. The monoisotopic (exact) mass is 286 g/mol. The lowest BCUT2D eigenvalue weighted by atomic mass is 10.2. The molecule has 5 heteroatoms. The van der Waals surface area contributed by atoms with Crippen LogP contribution in [0.1, 0.15) is 24.7 Å². The summed E-state index contributed by atoms with van der Waals surface area (Å²) in [6, 6.07) is 7.77. The molecule has 0 fully saturated rings. The third kappa shape index (κ3) is 4.72. The predicted octanol–water partition coefficient (Wildman–Crippen LogP) is 2.33. The van der Waals surface area contributed by atoms with Gasteiger partial charge in [0.15, 0.2) is 0 Å². The first-order valence-electron chi connectivity index (χ1n) is 7.26. The Hall–Kier alpha value is -2.14. The molecule has 0 aliphatic heterocycles. The zero-order valence-electron chi connectivity index (χ0n) is 12.6. The number of amides is 1. The number of imidazole rings is 1. The quantitative estimate of drug-likeness (QED) is 0.768. The molecule has 0 spiro atoms. The minimum absolute atomic E-state index is 0.0476. The lowest BCUT2D eigenvalue weighted by Gasteiger charge is -2.09. The molecule has 1 aromatic heterocycles. The number of nitrogens with one attached hydrogen (secondary N) is 2. The minimum Gasteiger partial charge on any atom is -0.325 e. The van der Waals surface area contributed by atoms with E-state index >= 15 is 0 Å². The number of aryl methyl sites for hydroxylation is 1. The first-order valence-corrected chi connectivity index (χ1v) is 7.26. The number of hydrogen-bond acceptors (Lipinski definition) is 3. The second-order valence-corrected chi connectivity index (χ2v) is 5.06. The molecule has 0 atom stereocenters. The Morgan fingerprint density at radius 1 is 1.29 bits per heavy atom. The molecule has 2 rings (SSSR count). The van der Waals surface area contributed by atoms with Gasteiger partial charge in [0.2, 0.25) is 5.91 Å². The summed E-state index contributed by atoms with van der Waals surface area (Å²) in [5.41, 5.74) is 1.99. The lowest BCUT2D eigenvalue weighted by Crippen LogP contribution is -2.22. The van der Waals surface area contributed by atoms with Gasteiger partial charge in [0.1, 0.15) is 12.4 Å². The van der Waals surface area contributed by atoms with Gasteiger partial charge in [-0.05, 0) is 32.0 Å². The summed E-state index contributed by atoms with van der Waals surface area (Å²) in [4.78, 5) is 16.3. The molecule has 0 aliphatic carbocycles. The van der Waals surface area contributed by atoms with E-state index in [9.17, 15) is 4.79 Å². The fourth-order valence-corrected chi connectivity index (χ4v) is 2.02. The number of nitrogens with zero attached hydrogens (tertiary/aromatic N) is 2. The fourth-order valence-electron chi connectivity index (χ4n) is 2.02. The van der Waals surface area contributed by atoms with E-state index in [1.54, 1.807) is 6.20 Å². The number of carbonyl (C=O) groups is 1. The van der Waals surface area contributed by atoms with Crippen LogP contribution >= 0.6 is 0 Å². The molecule has 2 aromatic rings. The van der Waals surface area contributed by atoms with Crippen molar-refractivity contribution in [3.05, 3.63) is 48.0 Å². The van der Waals surface area contributed by atoms with E-state index in [0.29, 0.717) is 6.54 Å². The van der Waals surface area contributed by atoms with Gasteiger partial charge in [0.25, 0.3) is 0 Å². The molecular weight excluding hydrogens is 264 g/mol. The lowest BCUT2D eigenvalue weighted by molar-refractivity contribution is -0.116. The van der Waals surface area contributed by atoms with Gasteiger partial charge in [0, 0.05) is 18.1 Å². The number of anilines is 1. The van der Waals surface area contributed by atoms with E-state index in [4.69, 9.17) is 0 Å². The summed E-state index contributed by atoms with van der Waals surface area (Å²) in [7, 11) is 0. The second-order valence-electron chi connectivity index (χ2n) is 5.06. The largest absolute Gasteiger partial charge is 0.325 e. The van der Waals surface area contributed by atoms with Gasteiger partial charge in [-0.3, -0.25) is 4.79 Å². The SMILES string of the molecule is CCCNCc1nccn1CC(=O)Nc1ccc(C)cc1. The van der Waals surface area contributed by atoms with Crippen LogP contribution in [0.15, 0.2) is 36.7 Å². The third-order valence-corrected chi connectivity index (χ3v) is 3.16. The van der Waals surface area contributed by atoms with Crippen molar-refractivity contribution in [1.82, 2.24) is 14.9 Å². The summed E-state index contributed by atoms with van der Waals surface area (Å²) in [6.45, 7) is 6.04. The summed E-state index contributed by atoms with van der Waals surface area (Å²) in [5, 5.41) is 6.19. The van der Waals surface area contributed by atoms with E-state index in [2.05, 4.69) is 22.5 Å². The summed E-state index contributed by atoms with van der Waals surface area (Å²) < 4.78 is 1.87. The fraction of sp³-hybridized carbons (Fsp3) is 0.375. The molecule has 0 saturated heterocycles. The van der Waals surface area contributed by atoms with Crippen LogP contribution in [0.3, 0.4) is 0 Å². The topological polar surface area (TPSA) is 59.0 Å². The van der Waals surface area contributed by atoms with E-state index in [1.807, 2.05) is 42.0 Å². The second kappa shape index (κ2) is 7.59. The Kier molecular flexibility index (Phi) is 5.51. The van der Waals surface area contributed by atoms with E-state index in [-0.39, 0.29) is 12.5 Å². The Labute approximate surface area is 125 Å². The molecule has 0 bridgehead atoms. The van der Waals surface area contributed by atoms with Gasteiger partial charge in [0.05, 0.1) is 6.54 Å². The van der Waals surface area contributed by atoms with Crippen LogP contribution in [-0.2, 0) is 17.9 Å². The maximum Gasteiger partial charge on any atom is 0.244 e. The molecule has 0 radical (unpaired) electrons. The van der Waals surface area contributed by atoms with Crippen molar-refractivity contribution < 1.29 is 4.79 Å². The Morgan fingerprint density at radius 3 is 2.76 bits per heavy atom. The normalized spacial score (nSPS) is 10.6. The summed E-state index contributed by atoms with van der Waals surface area (Å²) in [5.74, 6) is 0.830. The first-order chi connectivity index (χ1) is 10.2. The molecule has 0 aliphatic rings. The molecule has 21 heavy (non-hydrogen) atoms. The van der Waals surface area contributed by atoms with Crippen molar-refractivity contribution in [2.75, 3.05) is 11.9 Å². The average molecular weight is 286 g/mol. The Morgan fingerprint density at radius 2 is 2.05 bits per heavy atom. The van der Waals surface area contributed by atoms with Crippen LogP contribution in [-0.4, -0.2) is 22.0 Å².